The van der Waals surface area contributed by atoms with Crippen LogP contribution < -0.4 is 21.7 Å². The number of rotatable bonds is 6. The number of carbonyl (C=O) groups is 5. The summed E-state index contributed by atoms with van der Waals surface area (Å²) in [5.41, 5.74) is 6.34. The molecule has 274 valence electrons. The Morgan fingerprint density at radius 3 is 2.31 bits per heavy atom. The monoisotopic (exact) mass is 739 g/mol. The number of fused-ring (bicyclic) bond motifs is 10. The van der Waals surface area contributed by atoms with E-state index in [4.69, 9.17) is 15.1 Å². The summed E-state index contributed by atoms with van der Waals surface area (Å²) < 4.78 is 5.71. The fourth-order valence-corrected chi connectivity index (χ4v) is 8.61. The maximum Gasteiger partial charge on any atom is 0.276 e. The van der Waals surface area contributed by atoms with Crippen LogP contribution in [0.4, 0.5) is 0 Å². The van der Waals surface area contributed by atoms with Gasteiger partial charge >= 0.3 is 0 Å². The summed E-state index contributed by atoms with van der Waals surface area (Å²) in [5.74, 6) is -1.67. The van der Waals surface area contributed by atoms with E-state index in [0.29, 0.717) is 80.3 Å². The molecule has 3 aliphatic rings. The zero-order chi connectivity index (χ0) is 36.2. The largest absolute Gasteiger partial charge is 0.442 e. The lowest BCUT2D eigenvalue weighted by molar-refractivity contribution is -0.134. The predicted molar refractivity (Wildman–Crippen MR) is 190 cm³/mol. The molecule has 2 saturated heterocycles. The number of hydrogen-bond donors (Lipinski definition) is 4. The summed E-state index contributed by atoms with van der Waals surface area (Å²) in [4.78, 5) is 85.5. The predicted octanol–water partition coefficient (Wildman–Crippen LogP) is 3.17. The van der Waals surface area contributed by atoms with Crippen molar-refractivity contribution in [3.05, 3.63) is 38.4 Å². The van der Waals surface area contributed by atoms with Gasteiger partial charge in [-0.15, -0.1) is 22.7 Å². The molecule has 3 aromatic rings. The standard InChI is InChI=1S/C34H45N9O6S2/c1-18(2)14-21-33(47)43-13-7-10-26(43)32-41-24(17-51-32)30-39-22(15-49-30)34(48)42-12-6-9-25(42)29(46)37-20(8-4-5-11-35)27(44)36-19(3)31-40-23(16-50-31)28(45)38-21/h15-21,25-26H,4-14,35H2,1-3H3,(H,36,44)(H,37,46)(H,38,45)/t19-,20-,21-,25-,26-/m0/s1. The van der Waals surface area contributed by atoms with Gasteiger partial charge in [0.1, 0.15) is 45.8 Å². The summed E-state index contributed by atoms with van der Waals surface area (Å²) in [5, 5.41) is 13.4. The number of nitrogens with two attached hydrogens (primary N) is 1. The first-order chi connectivity index (χ1) is 24.5. The number of nitrogens with one attached hydrogen (secondary N) is 3. The fourth-order valence-electron chi connectivity index (χ4n) is 6.87. The van der Waals surface area contributed by atoms with E-state index in [1.165, 1.54) is 33.8 Å². The minimum atomic E-state index is -0.882. The van der Waals surface area contributed by atoms with Crippen LogP contribution in [0, 0.1) is 5.92 Å². The zero-order valence-corrected chi connectivity index (χ0v) is 30.7. The van der Waals surface area contributed by atoms with E-state index < -0.39 is 47.8 Å². The number of hydrogen-bond acceptors (Lipinski definition) is 12. The van der Waals surface area contributed by atoms with Crippen molar-refractivity contribution < 1.29 is 28.4 Å². The lowest BCUT2D eigenvalue weighted by atomic mass is 10.0. The molecule has 5 amide bonds. The SMILES string of the molecule is CC(C)C[C@@H]1NC(=O)c2csc(n2)[C@H](C)NC(=O)[C@H](CCCCN)NC(=O)[C@@H]2CCCN2C(=O)c2coc(n2)-c2csc(n2)[C@@H]2CCCN2C1=O. The Morgan fingerprint density at radius 2 is 1.55 bits per heavy atom. The first-order valence-electron chi connectivity index (χ1n) is 17.6. The molecule has 0 aromatic carbocycles. The van der Waals surface area contributed by atoms with E-state index in [-0.39, 0.29) is 35.1 Å². The van der Waals surface area contributed by atoms with Gasteiger partial charge in [0, 0.05) is 23.8 Å². The molecular weight excluding hydrogens is 695 g/mol. The molecule has 17 heteroatoms. The topological polar surface area (TPSA) is 206 Å². The molecule has 6 heterocycles. The minimum absolute atomic E-state index is 0.0486. The molecule has 3 aliphatic heterocycles. The Bertz CT molecular complexity index is 1750. The summed E-state index contributed by atoms with van der Waals surface area (Å²) in [6.07, 6.45) is 5.86. The molecule has 0 saturated carbocycles. The minimum Gasteiger partial charge on any atom is -0.442 e. The van der Waals surface area contributed by atoms with Gasteiger partial charge < -0.3 is 35.9 Å². The first kappa shape index (κ1) is 36.6. The van der Waals surface area contributed by atoms with Gasteiger partial charge in [-0.25, -0.2) is 15.0 Å². The van der Waals surface area contributed by atoms with Crippen LogP contribution in [0.3, 0.4) is 0 Å². The quantitative estimate of drug-likeness (QED) is 0.272. The van der Waals surface area contributed by atoms with Crippen molar-refractivity contribution in [1.82, 2.24) is 40.7 Å². The first-order valence-corrected chi connectivity index (χ1v) is 19.4. The summed E-state index contributed by atoms with van der Waals surface area (Å²) in [6, 6.07) is -3.31. The molecule has 0 aliphatic carbocycles. The fraction of sp³-hybridized carbons (Fsp3) is 0.588. The van der Waals surface area contributed by atoms with Gasteiger partial charge in [-0.05, 0) is 70.8 Å². The van der Waals surface area contributed by atoms with Crippen LogP contribution in [0.15, 0.2) is 21.4 Å². The lowest BCUT2D eigenvalue weighted by Gasteiger charge is -2.29. The highest BCUT2D eigenvalue weighted by Gasteiger charge is 2.39. The molecule has 6 bridgehead atoms. The van der Waals surface area contributed by atoms with Gasteiger partial charge in [0.05, 0.1) is 12.1 Å². The molecule has 0 radical (unpaired) electrons. The number of oxazole rings is 1. The van der Waals surface area contributed by atoms with Crippen LogP contribution in [0.25, 0.3) is 11.6 Å². The lowest BCUT2D eigenvalue weighted by Crippen LogP contribution is -2.53. The van der Waals surface area contributed by atoms with E-state index in [9.17, 15) is 24.0 Å². The van der Waals surface area contributed by atoms with E-state index in [2.05, 4.69) is 25.9 Å². The van der Waals surface area contributed by atoms with Crippen LogP contribution in [0.1, 0.15) is 115 Å². The molecule has 15 nitrogen and oxygen atoms in total. The highest BCUT2D eigenvalue weighted by molar-refractivity contribution is 7.10. The summed E-state index contributed by atoms with van der Waals surface area (Å²) >= 11 is 2.61. The van der Waals surface area contributed by atoms with Crippen molar-refractivity contribution in [3.63, 3.8) is 0 Å². The van der Waals surface area contributed by atoms with Gasteiger partial charge in [0.2, 0.25) is 23.6 Å². The molecule has 51 heavy (non-hydrogen) atoms. The van der Waals surface area contributed by atoms with Crippen LogP contribution in [-0.4, -0.2) is 92.0 Å². The Labute approximate surface area is 304 Å². The van der Waals surface area contributed by atoms with Gasteiger partial charge in [-0.3, -0.25) is 24.0 Å². The molecule has 0 spiro atoms. The Balaban J connectivity index is 1.33. The average Bonchev–Trinajstić information content (AvgIpc) is 3.94. The van der Waals surface area contributed by atoms with Crippen molar-refractivity contribution in [2.45, 2.75) is 102 Å². The highest BCUT2D eigenvalue weighted by Crippen LogP contribution is 2.36. The normalized spacial score (nSPS) is 25.0. The third-order valence-electron chi connectivity index (χ3n) is 9.48. The molecule has 6 rings (SSSR count). The molecule has 0 unspecified atom stereocenters. The number of amides is 5. The van der Waals surface area contributed by atoms with E-state index >= 15 is 0 Å². The van der Waals surface area contributed by atoms with E-state index in [1.54, 1.807) is 22.6 Å². The maximum atomic E-state index is 14.1. The number of aromatic nitrogens is 3. The number of carbonyl (C=O) groups excluding carboxylic acids is 5. The van der Waals surface area contributed by atoms with Gasteiger partial charge in [0.15, 0.2) is 5.69 Å². The third kappa shape index (κ3) is 8.15. The Kier molecular flexibility index (Phi) is 11.5. The zero-order valence-electron chi connectivity index (χ0n) is 29.1. The van der Waals surface area contributed by atoms with Gasteiger partial charge in [0.25, 0.3) is 11.8 Å². The molecule has 5 atom stereocenters. The second kappa shape index (κ2) is 16.0. The van der Waals surface area contributed by atoms with Crippen molar-refractivity contribution >= 4 is 52.2 Å². The van der Waals surface area contributed by atoms with E-state index in [1.807, 2.05) is 13.8 Å². The van der Waals surface area contributed by atoms with Crippen molar-refractivity contribution in [2.24, 2.45) is 11.7 Å². The van der Waals surface area contributed by atoms with Crippen molar-refractivity contribution in [1.29, 1.82) is 0 Å². The second-order valence-corrected chi connectivity index (χ2v) is 15.5. The van der Waals surface area contributed by atoms with Gasteiger partial charge in [-0.2, -0.15) is 0 Å². The van der Waals surface area contributed by atoms with Crippen LogP contribution in [-0.2, 0) is 14.4 Å². The van der Waals surface area contributed by atoms with Crippen LogP contribution in [0.5, 0.6) is 0 Å². The summed E-state index contributed by atoms with van der Waals surface area (Å²) in [7, 11) is 0. The Hall–Kier alpha value is -4.22. The Morgan fingerprint density at radius 1 is 0.843 bits per heavy atom. The highest BCUT2D eigenvalue weighted by atomic mass is 32.1. The molecule has 5 N–H and O–H groups in total. The molecular formula is C34H45N9O6S2. The molecule has 3 aromatic heterocycles. The summed E-state index contributed by atoms with van der Waals surface area (Å²) in [6.45, 7) is 7.07. The molecule has 2 fully saturated rings. The average molecular weight is 740 g/mol. The van der Waals surface area contributed by atoms with Crippen molar-refractivity contribution in [2.75, 3.05) is 19.6 Å². The number of unbranched alkanes of at least 4 members (excludes halogenated alkanes) is 1. The maximum absolute atomic E-state index is 14.1. The van der Waals surface area contributed by atoms with Gasteiger partial charge in [-0.1, -0.05) is 13.8 Å². The number of nitrogens with zero attached hydrogens (tertiary/aromatic N) is 5. The smallest absolute Gasteiger partial charge is 0.276 e. The number of thiazole rings is 2. The van der Waals surface area contributed by atoms with E-state index in [0.717, 1.165) is 6.42 Å². The van der Waals surface area contributed by atoms with Crippen molar-refractivity contribution in [3.8, 4) is 11.6 Å². The third-order valence-corrected chi connectivity index (χ3v) is 11.4. The van der Waals surface area contributed by atoms with Crippen LogP contribution in [0.2, 0.25) is 0 Å². The van der Waals surface area contributed by atoms with Crippen LogP contribution >= 0.6 is 22.7 Å². The second-order valence-electron chi connectivity index (χ2n) is 13.8.